The van der Waals surface area contributed by atoms with E-state index >= 15 is 0 Å². The SMILES string of the molecule is COc1cc(C(=O)O)ccc1OC1(C)CCCNC1. The maximum Gasteiger partial charge on any atom is 0.335 e. The number of carboxylic acids is 1. The van der Waals surface area contributed by atoms with Gasteiger partial charge in [0.15, 0.2) is 11.5 Å². The number of nitrogens with one attached hydrogen (secondary N) is 1. The molecule has 0 spiro atoms. The smallest absolute Gasteiger partial charge is 0.335 e. The van der Waals surface area contributed by atoms with Crippen molar-refractivity contribution in [3.05, 3.63) is 23.8 Å². The minimum Gasteiger partial charge on any atom is -0.493 e. The highest BCUT2D eigenvalue weighted by molar-refractivity contribution is 5.88. The van der Waals surface area contributed by atoms with E-state index in [-0.39, 0.29) is 11.2 Å². The molecular weight excluding hydrogens is 246 g/mol. The molecular formula is C14H19NO4. The van der Waals surface area contributed by atoms with Crippen LogP contribution >= 0.6 is 0 Å². The van der Waals surface area contributed by atoms with Gasteiger partial charge in [0.05, 0.1) is 12.7 Å². The van der Waals surface area contributed by atoms with E-state index in [1.807, 2.05) is 6.92 Å². The largest absolute Gasteiger partial charge is 0.493 e. The van der Waals surface area contributed by atoms with E-state index in [0.717, 1.165) is 25.9 Å². The third-order valence-electron chi connectivity index (χ3n) is 3.33. The molecule has 1 aromatic rings. The van der Waals surface area contributed by atoms with Crippen molar-refractivity contribution in [2.24, 2.45) is 0 Å². The second-order valence-corrected chi connectivity index (χ2v) is 5.00. The average molecular weight is 265 g/mol. The molecule has 0 radical (unpaired) electrons. The van der Waals surface area contributed by atoms with Gasteiger partial charge in [0, 0.05) is 6.54 Å². The van der Waals surface area contributed by atoms with Crippen LogP contribution in [0.4, 0.5) is 0 Å². The third kappa shape index (κ3) is 3.17. The van der Waals surface area contributed by atoms with Crippen molar-refractivity contribution in [3.63, 3.8) is 0 Å². The summed E-state index contributed by atoms with van der Waals surface area (Å²) in [6, 6.07) is 4.67. The first-order chi connectivity index (χ1) is 9.04. The predicted molar refractivity (Wildman–Crippen MR) is 71.1 cm³/mol. The highest BCUT2D eigenvalue weighted by atomic mass is 16.5. The van der Waals surface area contributed by atoms with E-state index < -0.39 is 5.97 Å². The quantitative estimate of drug-likeness (QED) is 0.870. The second-order valence-electron chi connectivity index (χ2n) is 5.00. The van der Waals surface area contributed by atoms with Gasteiger partial charge in [-0.15, -0.1) is 0 Å². The summed E-state index contributed by atoms with van der Waals surface area (Å²) in [7, 11) is 1.51. The zero-order chi connectivity index (χ0) is 13.9. The number of ether oxygens (including phenoxy) is 2. The molecule has 1 aliphatic rings. The third-order valence-corrected chi connectivity index (χ3v) is 3.33. The van der Waals surface area contributed by atoms with Crippen molar-refractivity contribution < 1.29 is 19.4 Å². The van der Waals surface area contributed by atoms with Crippen LogP contribution < -0.4 is 14.8 Å². The molecule has 5 heteroatoms. The lowest BCUT2D eigenvalue weighted by atomic mass is 9.96. The number of methoxy groups -OCH3 is 1. The van der Waals surface area contributed by atoms with Crippen LogP contribution in [0.3, 0.4) is 0 Å². The predicted octanol–water partition coefficient (Wildman–Crippen LogP) is 1.91. The van der Waals surface area contributed by atoms with E-state index in [1.165, 1.54) is 19.2 Å². The summed E-state index contributed by atoms with van der Waals surface area (Å²) < 4.78 is 11.2. The summed E-state index contributed by atoms with van der Waals surface area (Å²) in [4.78, 5) is 10.9. The molecule has 1 fully saturated rings. The molecule has 1 atom stereocenters. The maximum atomic E-state index is 10.9. The summed E-state index contributed by atoms with van der Waals surface area (Å²) in [6.45, 7) is 3.83. The number of piperidine rings is 1. The van der Waals surface area contributed by atoms with E-state index in [2.05, 4.69) is 5.32 Å². The molecule has 1 saturated heterocycles. The lowest BCUT2D eigenvalue weighted by Crippen LogP contribution is -2.47. The standard InChI is InChI=1S/C14H19NO4/c1-14(6-3-7-15-9-14)19-11-5-4-10(13(16)17)8-12(11)18-2/h4-5,8,15H,3,6-7,9H2,1-2H3,(H,16,17). The van der Waals surface area contributed by atoms with Gasteiger partial charge in [-0.05, 0) is 44.5 Å². The van der Waals surface area contributed by atoms with E-state index in [4.69, 9.17) is 14.6 Å². The molecule has 1 aliphatic heterocycles. The van der Waals surface area contributed by atoms with Gasteiger partial charge in [0.1, 0.15) is 5.60 Å². The van der Waals surface area contributed by atoms with Gasteiger partial charge in [-0.3, -0.25) is 0 Å². The van der Waals surface area contributed by atoms with Gasteiger partial charge < -0.3 is 19.9 Å². The number of carbonyl (C=O) groups is 1. The van der Waals surface area contributed by atoms with Gasteiger partial charge in [0.25, 0.3) is 0 Å². The number of hydrogen-bond donors (Lipinski definition) is 2. The van der Waals surface area contributed by atoms with E-state index in [1.54, 1.807) is 6.07 Å². The van der Waals surface area contributed by atoms with Crippen molar-refractivity contribution in [1.82, 2.24) is 5.32 Å². The Labute approximate surface area is 112 Å². The zero-order valence-corrected chi connectivity index (χ0v) is 11.2. The summed E-state index contributed by atoms with van der Waals surface area (Å²) in [6.07, 6.45) is 2.02. The monoisotopic (exact) mass is 265 g/mol. The van der Waals surface area contributed by atoms with Gasteiger partial charge in [0.2, 0.25) is 0 Å². The van der Waals surface area contributed by atoms with Crippen LogP contribution in [0.25, 0.3) is 0 Å². The molecule has 5 nitrogen and oxygen atoms in total. The summed E-state index contributed by atoms with van der Waals surface area (Å²) in [5.41, 5.74) is -0.0906. The fourth-order valence-corrected chi connectivity index (χ4v) is 2.27. The lowest BCUT2D eigenvalue weighted by molar-refractivity contribution is 0.0583. The van der Waals surface area contributed by atoms with Crippen molar-refractivity contribution in [1.29, 1.82) is 0 Å². The molecule has 0 aromatic heterocycles. The molecule has 2 rings (SSSR count). The Morgan fingerprint density at radius 1 is 1.42 bits per heavy atom. The minimum atomic E-state index is -0.976. The molecule has 1 unspecified atom stereocenters. The fraction of sp³-hybridized carbons (Fsp3) is 0.500. The van der Waals surface area contributed by atoms with Crippen LogP contribution in [-0.2, 0) is 0 Å². The van der Waals surface area contributed by atoms with Crippen LogP contribution in [0.2, 0.25) is 0 Å². The number of rotatable bonds is 4. The van der Waals surface area contributed by atoms with Gasteiger partial charge in [-0.2, -0.15) is 0 Å². The molecule has 104 valence electrons. The fourth-order valence-electron chi connectivity index (χ4n) is 2.27. The Kier molecular flexibility index (Phi) is 3.95. The molecule has 0 saturated carbocycles. The van der Waals surface area contributed by atoms with Gasteiger partial charge in [-0.25, -0.2) is 4.79 Å². The van der Waals surface area contributed by atoms with Crippen LogP contribution in [0.15, 0.2) is 18.2 Å². The van der Waals surface area contributed by atoms with E-state index in [0.29, 0.717) is 11.5 Å². The average Bonchev–Trinajstić information content (AvgIpc) is 2.39. The van der Waals surface area contributed by atoms with Crippen LogP contribution in [0, 0.1) is 0 Å². The zero-order valence-electron chi connectivity index (χ0n) is 11.2. The lowest BCUT2D eigenvalue weighted by Gasteiger charge is -2.35. The Hall–Kier alpha value is -1.75. The van der Waals surface area contributed by atoms with Gasteiger partial charge in [-0.1, -0.05) is 0 Å². The van der Waals surface area contributed by atoms with Crippen LogP contribution in [-0.4, -0.2) is 36.9 Å². The number of aromatic carboxylic acids is 1. The molecule has 0 amide bonds. The molecule has 0 aliphatic carbocycles. The number of benzene rings is 1. The molecule has 1 heterocycles. The minimum absolute atomic E-state index is 0.191. The first-order valence-corrected chi connectivity index (χ1v) is 6.35. The molecule has 2 N–H and O–H groups in total. The van der Waals surface area contributed by atoms with E-state index in [9.17, 15) is 4.79 Å². The first kappa shape index (κ1) is 13.7. The first-order valence-electron chi connectivity index (χ1n) is 6.35. The van der Waals surface area contributed by atoms with Crippen LogP contribution in [0.5, 0.6) is 11.5 Å². The van der Waals surface area contributed by atoms with Gasteiger partial charge >= 0.3 is 5.97 Å². The topological polar surface area (TPSA) is 67.8 Å². The maximum absolute atomic E-state index is 10.9. The van der Waals surface area contributed by atoms with Crippen molar-refractivity contribution in [3.8, 4) is 11.5 Å². The summed E-state index contributed by atoms with van der Waals surface area (Å²) in [5, 5.41) is 12.3. The molecule has 0 bridgehead atoms. The Morgan fingerprint density at radius 3 is 2.79 bits per heavy atom. The highest BCUT2D eigenvalue weighted by Gasteiger charge is 2.29. The number of hydrogen-bond acceptors (Lipinski definition) is 4. The van der Waals surface area contributed by atoms with Crippen molar-refractivity contribution in [2.45, 2.75) is 25.4 Å². The molecule has 1 aromatic carbocycles. The normalized spacial score (nSPS) is 22.8. The Morgan fingerprint density at radius 2 is 2.21 bits per heavy atom. The van der Waals surface area contributed by atoms with Crippen LogP contribution in [0.1, 0.15) is 30.1 Å². The highest BCUT2D eigenvalue weighted by Crippen LogP contribution is 2.33. The Balaban J connectivity index is 2.22. The summed E-state index contributed by atoms with van der Waals surface area (Å²) >= 11 is 0. The number of carboxylic acid groups (broad SMARTS) is 1. The molecule has 19 heavy (non-hydrogen) atoms. The second kappa shape index (κ2) is 5.48. The van der Waals surface area contributed by atoms with Crippen molar-refractivity contribution >= 4 is 5.97 Å². The Bertz CT molecular complexity index is 467. The summed E-state index contributed by atoms with van der Waals surface area (Å²) in [5.74, 6) is 0.0563. The van der Waals surface area contributed by atoms with Crippen molar-refractivity contribution in [2.75, 3.05) is 20.2 Å².